The van der Waals surface area contributed by atoms with Crippen molar-refractivity contribution in [1.82, 2.24) is 15.6 Å². The minimum absolute atomic E-state index is 0.0743. The Balaban J connectivity index is 2.08. The molecule has 2 aromatic rings. The predicted octanol–water partition coefficient (Wildman–Crippen LogP) is 2.76. The van der Waals surface area contributed by atoms with E-state index in [9.17, 15) is 19.7 Å². The van der Waals surface area contributed by atoms with Gasteiger partial charge in [-0.3, -0.25) is 24.7 Å². The average molecular weight is 370 g/mol. The first-order valence-corrected chi connectivity index (χ1v) is 8.60. The fourth-order valence-electron chi connectivity index (χ4n) is 2.36. The molecule has 0 radical (unpaired) electrons. The van der Waals surface area contributed by atoms with Gasteiger partial charge in [0.1, 0.15) is 6.20 Å². The van der Waals surface area contributed by atoms with Crippen LogP contribution in [0.4, 0.5) is 5.69 Å². The van der Waals surface area contributed by atoms with Crippen LogP contribution in [0.2, 0.25) is 0 Å². The number of pyridine rings is 1. The molecular formula is C19H22N4O4. The molecule has 8 nitrogen and oxygen atoms in total. The van der Waals surface area contributed by atoms with Crippen LogP contribution < -0.4 is 10.6 Å². The summed E-state index contributed by atoms with van der Waals surface area (Å²) in [5.41, 5.74) is 1.57. The second-order valence-corrected chi connectivity index (χ2v) is 6.25. The van der Waals surface area contributed by atoms with Crippen molar-refractivity contribution < 1.29 is 14.5 Å². The highest BCUT2D eigenvalue weighted by molar-refractivity contribution is 5.96. The molecule has 8 heteroatoms. The largest absolute Gasteiger partial charge is 0.350 e. The first kappa shape index (κ1) is 20.0. The van der Waals surface area contributed by atoms with Gasteiger partial charge in [-0.1, -0.05) is 19.1 Å². The number of carbonyl (C=O) groups is 2. The van der Waals surface area contributed by atoms with E-state index in [1.807, 2.05) is 13.8 Å². The Labute approximate surface area is 157 Å². The number of aryl methyl sites for hydroxylation is 1. The quantitative estimate of drug-likeness (QED) is 0.574. The predicted molar refractivity (Wildman–Crippen MR) is 100 cm³/mol. The van der Waals surface area contributed by atoms with Crippen molar-refractivity contribution in [2.45, 2.75) is 39.8 Å². The Kier molecular flexibility index (Phi) is 6.59. The third kappa shape index (κ3) is 5.34. The Morgan fingerprint density at radius 2 is 2.00 bits per heavy atom. The summed E-state index contributed by atoms with van der Waals surface area (Å²) in [6.45, 7) is 5.71. The zero-order valence-corrected chi connectivity index (χ0v) is 15.5. The smallest absolute Gasteiger partial charge is 0.288 e. The number of hydrogen-bond acceptors (Lipinski definition) is 5. The van der Waals surface area contributed by atoms with Gasteiger partial charge in [0.15, 0.2) is 0 Å². The monoisotopic (exact) mass is 370 g/mol. The molecule has 2 amide bonds. The molecule has 0 spiro atoms. The van der Waals surface area contributed by atoms with Crippen LogP contribution in [0.15, 0.2) is 36.5 Å². The number of hydrogen-bond donors (Lipinski definition) is 2. The molecule has 2 N–H and O–H groups in total. The van der Waals surface area contributed by atoms with Gasteiger partial charge in [-0.25, -0.2) is 0 Å². The van der Waals surface area contributed by atoms with Crippen molar-refractivity contribution >= 4 is 17.5 Å². The highest BCUT2D eigenvalue weighted by Gasteiger charge is 2.16. The van der Waals surface area contributed by atoms with E-state index >= 15 is 0 Å². The minimum Gasteiger partial charge on any atom is -0.350 e. The summed E-state index contributed by atoms with van der Waals surface area (Å²) in [6, 6.07) is 8.22. The third-order valence-electron chi connectivity index (χ3n) is 4.16. The van der Waals surface area contributed by atoms with Crippen LogP contribution in [0.1, 0.15) is 52.2 Å². The standard InChI is InChI=1S/C19H22N4O4/c1-4-12(2)22-18(24)15-7-5-6-14(8-15)10-21-19(25)17-9-16(23(26)27)11-20-13(17)3/h5-9,11-12H,4,10H2,1-3H3,(H,21,25)(H,22,24)/t12-/m0/s1. The number of amides is 2. The Hall–Kier alpha value is -3.29. The number of aromatic nitrogens is 1. The van der Waals surface area contributed by atoms with E-state index in [0.717, 1.165) is 18.2 Å². The van der Waals surface area contributed by atoms with Crippen LogP contribution in [0.3, 0.4) is 0 Å². The maximum absolute atomic E-state index is 12.4. The molecule has 1 aromatic carbocycles. The molecule has 0 aliphatic carbocycles. The van der Waals surface area contributed by atoms with Crippen molar-refractivity contribution in [3.05, 3.63) is 69.0 Å². The van der Waals surface area contributed by atoms with Gasteiger partial charge in [0, 0.05) is 24.2 Å². The van der Waals surface area contributed by atoms with Crippen LogP contribution in [0, 0.1) is 17.0 Å². The van der Waals surface area contributed by atoms with Crippen molar-refractivity contribution in [3.63, 3.8) is 0 Å². The fourth-order valence-corrected chi connectivity index (χ4v) is 2.36. The molecule has 1 aromatic heterocycles. The highest BCUT2D eigenvalue weighted by Crippen LogP contribution is 2.15. The van der Waals surface area contributed by atoms with E-state index in [1.54, 1.807) is 31.2 Å². The maximum atomic E-state index is 12.4. The zero-order chi connectivity index (χ0) is 20.0. The number of rotatable bonds is 7. The fraction of sp³-hybridized carbons (Fsp3) is 0.316. The first-order chi connectivity index (χ1) is 12.8. The molecule has 0 saturated heterocycles. The summed E-state index contributed by atoms with van der Waals surface area (Å²) in [5.74, 6) is -0.630. The molecule has 0 unspecified atom stereocenters. The summed E-state index contributed by atoms with van der Waals surface area (Å²) in [7, 11) is 0. The molecule has 0 bridgehead atoms. The van der Waals surface area contributed by atoms with E-state index in [0.29, 0.717) is 11.3 Å². The second-order valence-electron chi connectivity index (χ2n) is 6.25. The number of carbonyl (C=O) groups excluding carboxylic acids is 2. The summed E-state index contributed by atoms with van der Waals surface area (Å²) in [6.07, 6.45) is 1.95. The van der Waals surface area contributed by atoms with Gasteiger partial charge in [0.25, 0.3) is 17.5 Å². The molecule has 0 aliphatic heterocycles. The summed E-state index contributed by atoms with van der Waals surface area (Å²) in [5, 5.41) is 16.5. The molecule has 2 rings (SSSR count). The molecule has 1 heterocycles. The van der Waals surface area contributed by atoms with Crippen molar-refractivity contribution in [2.24, 2.45) is 0 Å². The molecule has 0 saturated carbocycles. The van der Waals surface area contributed by atoms with Crippen molar-refractivity contribution in [2.75, 3.05) is 0 Å². The van der Waals surface area contributed by atoms with Crippen LogP contribution in [0.5, 0.6) is 0 Å². The van der Waals surface area contributed by atoms with Gasteiger partial charge in [0.2, 0.25) is 0 Å². The third-order valence-corrected chi connectivity index (χ3v) is 4.16. The number of nitrogens with one attached hydrogen (secondary N) is 2. The number of nitrogens with zero attached hydrogens (tertiary/aromatic N) is 2. The molecule has 27 heavy (non-hydrogen) atoms. The highest BCUT2D eigenvalue weighted by atomic mass is 16.6. The van der Waals surface area contributed by atoms with E-state index in [-0.39, 0.29) is 29.7 Å². The van der Waals surface area contributed by atoms with E-state index in [2.05, 4.69) is 15.6 Å². The van der Waals surface area contributed by atoms with Gasteiger partial charge in [-0.05, 0) is 38.0 Å². The lowest BCUT2D eigenvalue weighted by Gasteiger charge is -2.12. The minimum atomic E-state index is -0.595. The summed E-state index contributed by atoms with van der Waals surface area (Å²) < 4.78 is 0. The van der Waals surface area contributed by atoms with Gasteiger partial charge in [-0.15, -0.1) is 0 Å². The van der Waals surface area contributed by atoms with Crippen LogP contribution in [-0.4, -0.2) is 27.8 Å². The normalized spacial score (nSPS) is 11.5. The lowest BCUT2D eigenvalue weighted by molar-refractivity contribution is -0.385. The molecular weight excluding hydrogens is 348 g/mol. The van der Waals surface area contributed by atoms with Gasteiger partial charge in [0.05, 0.1) is 16.2 Å². The van der Waals surface area contributed by atoms with E-state index in [1.165, 1.54) is 6.07 Å². The van der Waals surface area contributed by atoms with E-state index < -0.39 is 10.8 Å². The summed E-state index contributed by atoms with van der Waals surface area (Å²) >= 11 is 0. The molecule has 142 valence electrons. The van der Waals surface area contributed by atoms with Crippen LogP contribution in [0.25, 0.3) is 0 Å². The lowest BCUT2D eigenvalue weighted by Crippen LogP contribution is -2.32. The van der Waals surface area contributed by atoms with Crippen LogP contribution in [-0.2, 0) is 6.54 Å². The Morgan fingerprint density at radius 1 is 1.26 bits per heavy atom. The van der Waals surface area contributed by atoms with Gasteiger partial charge in [-0.2, -0.15) is 0 Å². The Morgan fingerprint density at radius 3 is 2.67 bits per heavy atom. The number of benzene rings is 1. The SMILES string of the molecule is CC[C@H](C)NC(=O)c1cccc(CNC(=O)c2cc([N+](=O)[O-])cnc2C)c1. The Bertz CT molecular complexity index is 867. The lowest BCUT2D eigenvalue weighted by atomic mass is 10.1. The van der Waals surface area contributed by atoms with Crippen LogP contribution >= 0.6 is 0 Å². The van der Waals surface area contributed by atoms with Gasteiger partial charge >= 0.3 is 0 Å². The second kappa shape index (κ2) is 8.88. The zero-order valence-electron chi connectivity index (χ0n) is 15.5. The maximum Gasteiger partial charge on any atom is 0.288 e. The van der Waals surface area contributed by atoms with Gasteiger partial charge < -0.3 is 10.6 Å². The first-order valence-electron chi connectivity index (χ1n) is 8.60. The molecule has 0 fully saturated rings. The molecule has 1 atom stereocenters. The van der Waals surface area contributed by atoms with Crippen molar-refractivity contribution in [1.29, 1.82) is 0 Å². The summed E-state index contributed by atoms with van der Waals surface area (Å²) in [4.78, 5) is 38.7. The number of nitro groups is 1. The van der Waals surface area contributed by atoms with E-state index in [4.69, 9.17) is 0 Å². The van der Waals surface area contributed by atoms with Crippen molar-refractivity contribution in [3.8, 4) is 0 Å². The topological polar surface area (TPSA) is 114 Å². The average Bonchev–Trinajstić information content (AvgIpc) is 2.66. The molecule has 0 aliphatic rings.